The zero-order chi connectivity index (χ0) is 23.8. The molecule has 0 unspecified atom stereocenters. The zero-order valence-electron chi connectivity index (χ0n) is 17.7. The molecule has 0 bridgehead atoms. The van der Waals surface area contributed by atoms with Crippen molar-refractivity contribution in [2.24, 2.45) is 12.5 Å². The smallest absolute Gasteiger partial charge is 0.394 e. The Balaban J connectivity index is 1.35. The van der Waals surface area contributed by atoms with E-state index in [1.807, 2.05) is 6.92 Å². The van der Waals surface area contributed by atoms with Crippen LogP contribution in [0.25, 0.3) is 5.82 Å². The topological polar surface area (TPSA) is 86.9 Å². The van der Waals surface area contributed by atoms with Crippen molar-refractivity contribution in [3.8, 4) is 11.7 Å². The molecule has 176 valence electrons. The first-order valence-electron chi connectivity index (χ1n) is 9.97. The van der Waals surface area contributed by atoms with E-state index in [-0.39, 0.29) is 42.5 Å². The molecular weight excluding hydrogens is 481 g/mol. The summed E-state index contributed by atoms with van der Waals surface area (Å²) in [6.07, 6.45) is -0.846. The summed E-state index contributed by atoms with van der Waals surface area (Å²) in [6, 6.07) is 4.59. The summed E-state index contributed by atoms with van der Waals surface area (Å²) in [6.45, 7) is 1.80. The number of hydrogen-bond donors (Lipinski definition) is 1. The maximum atomic E-state index is 13.0. The first-order chi connectivity index (χ1) is 15.6. The van der Waals surface area contributed by atoms with Crippen molar-refractivity contribution in [1.82, 2.24) is 29.3 Å². The lowest BCUT2D eigenvalue weighted by atomic mass is 10.0. The Bertz CT molecular complexity index is 1180. The molecule has 3 aromatic rings. The van der Waals surface area contributed by atoms with Crippen molar-refractivity contribution >= 4 is 29.5 Å². The molecule has 1 saturated carbocycles. The fourth-order valence-electron chi connectivity index (χ4n) is 3.15. The van der Waals surface area contributed by atoms with Crippen LogP contribution in [0.2, 0.25) is 5.15 Å². The van der Waals surface area contributed by atoms with Gasteiger partial charge in [-0.2, -0.15) is 18.3 Å². The van der Waals surface area contributed by atoms with Crippen molar-refractivity contribution in [1.29, 1.82) is 0 Å². The molecule has 0 radical (unpaired) electrons. The van der Waals surface area contributed by atoms with E-state index in [0.717, 1.165) is 22.5 Å². The number of amides is 1. The Labute approximate surface area is 196 Å². The standard InChI is InChI=1S/C20H20ClF3N6O2S/c1-12-14(11-25-29(12)2)33-28-18(31)13-3-4-15(26-17(13)21)30-9-5-16(27-30)32-10-8-19(6-7-19)20(22,23)24/h3-5,9,11H,6-8,10H2,1-2H3,(H,28,31). The molecule has 1 amide bonds. The van der Waals surface area contributed by atoms with Gasteiger partial charge in [0.1, 0.15) is 5.15 Å². The van der Waals surface area contributed by atoms with Crippen LogP contribution >= 0.6 is 23.5 Å². The third kappa shape index (κ3) is 4.96. The SMILES string of the molecule is Cc1c(SNC(=O)c2ccc(-n3ccc(OCCC4(C(F)(F)F)CC4)n3)nc2Cl)cnn1C. The molecule has 8 nitrogen and oxygen atoms in total. The number of nitrogens with one attached hydrogen (secondary N) is 1. The summed E-state index contributed by atoms with van der Waals surface area (Å²) in [4.78, 5) is 17.5. The van der Waals surface area contributed by atoms with Crippen molar-refractivity contribution in [2.45, 2.75) is 37.3 Å². The molecule has 0 aliphatic heterocycles. The summed E-state index contributed by atoms with van der Waals surface area (Å²) >= 11 is 7.33. The van der Waals surface area contributed by atoms with Crippen LogP contribution in [0.5, 0.6) is 5.88 Å². The van der Waals surface area contributed by atoms with Crippen LogP contribution in [0, 0.1) is 12.3 Å². The first-order valence-corrected chi connectivity index (χ1v) is 11.2. The molecule has 3 heterocycles. The van der Waals surface area contributed by atoms with Crippen LogP contribution in [0.1, 0.15) is 35.3 Å². The van der Waals surface area contributed by atoms with Gasteiger partial charge in [0, 0.05) is 19.3 Å². The monoisotopic (exact) mass is 500 g/mol. The Hall–Kier alpha value is -2.73. The number of aryl methyl sites for hydroxylation is 1. The molecule has 4 rings (SSSR count). The summed E-state index contributed by atoms with van der Waals surface area (Å²) in [7, 11) is 1.80. The summed E-state index contributed by atoms with van der Waals surface area (Å²) in [5.74, 6) is 0.0857. The average Bonchev–Trinajstić information content (AvgIpc) is 3.31. The van der Waals surface area contributed by atoms with E-state index in [1.54, 1.807) is 30.2 Å². The highest BCUT2D eigenvalue weighted by atomic mass is 35.5. The van der Waals surface area contributed by atoms with Crippen molar-refractivity contribution in [3.63, 3.8) is 0 Å². The van der Waals surface area contributed by atoms with E-state index in [1.165, 1.54) is 16.8 Å². The van der Waals surface area contributed by atoms with Gasteiger partial charge in [-0.25, -0.2) is 9.67 Å². The highest BCUT2D eigenvalue weighted by Crippen LogP contribution is 2.59. The molecule has 0 atom stereocenters. The highest BCUT2D eigenvalue weighted by molar-refractivity contribution is 7.98. The second kappa shape index (κ2) is 8.90. The van der Waals surface area contributed by atoms with Gasteiger partial charge in [0.05, 0.1) is 34.4 Å². The lowest BCUT2D eigenvalue weighted by Gasteiger charge is -2.18. The minimum atomic E-state index is -4.21. The van der Waals surface area contributed by atoms with Crippen LogP contribution in [-0.4, -0.2) is 43.2 Å². The maximum Gasteiger partial charge on any atom is 0.394 e. The van der Waals surface area contributed by atoms with Gasteiger partial charge < -0.3 is 4.74 Å². The fourth-order valence-corrected chi connectivity index (χ4v) is 4.07. The number of carbonyl (C=O) groups excluding carboxylic acids is 1. The predicted octanol–water partition coefficient (Wildman–Crippen LogP) is 4.51. The van der Waals surface area contributed by atoms with E-state index < -0.39 is 17.5 Å². The van der Waals surface area contributed by atoms with Crippen molar-refractivity contribution in [3.05, 3.63) is 47.0 Å². The van der Waals surface area contributed by atoms with Crippen molar-refractivity contribution in [2.75, 3.05) is 6.61 Å². The van der Waals surface area contributed by atoms with Gasteiger partial charge in [-0.3, -0.25) is 14.2 Å². The summed E-state index contributed by atoms with van der Waals surface area (Å²) in [5, 5.41) is 8.26. The van der Waals surface area contributed by atoms with Crippen LogP contribution in [-0.2, 0) is 7.05 Å². The molecule has 1 aliphatic carbocycles. The molecular formula is C20H20ClF3N6O2S. The van der Waals surface area contributed by atoms with E-state index in [9.17, 15) is 18.0 Å². The van der Waals surface area contributed by atoms with E-state index in [2.05, 4.69) is 19.9 Å². The van der Waals surface area contributed by atoms with Gasteiger partial charge in [-0.05, 0) is 50.3 Å². The fraction of sp³-hybridized carbons (Fsp3) is 0.400. The van der Waals surface area contributed by atoms with Gasteiger partial charge >= 0.3 is 6.18 Å². The molecule has 3 aromatic heterocycles. The first kappa shape index (κ1) is 23.4. The molecule has 13 heteroatoms. The number of hydrogen-bond acceptors (Lipinski definition) is 6. The minimum Gasteiger partial charge on any atom is -0.477 e. The van der Waals surface area contributed by atoms with Crippen LogP contribution in [0.15, 0.2) is 35.5 Å². The number of ether oxygens (including phenoxy) is 1. The summed E-state index contributed by atoms with van der Waals surface area (Å²) in [5.41, 5.74) is -0.531. The lowest BCUT2D eigenvalue weighted by Crippen LogP contribution is -2.26. The van der Waals surface area contributed by atoms with Gasteiger partial charge in [0.2, 0.25) is 5.88 Å². The summed E-state index contributed by atoms with van der Waals surface area (Å²) < 4.78 is 50.2. The minimum absolute atomic E-state index is 0.0210. The van der Waals surface area contributed by atoms with Gasteiger partial charge in [0.25, 0.3) is 5.91 Å². The third-order valence-electron chi connectivity index (χ3n) is 5.61. The van der Waals surface area contributed by atoms with Crippen LogP contribution in [0.3, 0.4) is 0 Å². The average molecular weight is 501 g/mol. The van der Waals surface area contributed by atoms with Crippen LogP contribution < -0.4 is 9.46 Å². The second-order valence-electron chi connectivity index (χ2n) is 7.73. The normalized spacial score (nSPS) is 14.8. The Morgan fingerprint density at radius 1 is 1.33 bits per heavy atom. The molecule has 0 saturated heterocycles. The zero-order valence-corrected chi connectivity index (χ0v) is 19.3. The van der Waals surface area contributed by atoms with E-state index in [4.69, 9.17) is 16.3 Å². The van der Waals surface area contributed by atoms with E-state index >= 15 is 0 Å². The number of nitrogens with zero attached hydrogens (tertiary/aromatic N) is 5. The Morgan fingerprint density at radius 3 is 2.70 bits per heavy atom. The second-order valence-corrected chi connectivity index (χ2v) is 8.94. The molecule has 0 aromatic carbocycles. The molecule has 1 aliphatic rings. The quantitative estimate of drug-likeness (QED) is 0.362. The molecule has 0 spiro atoms. The number of halogens is 4. The molecule has 1 N–H and O–H groups in total. The Morgan fingerprint density at radius 2 is 2.09 bits per heavy atom. The van der Waals surface area contributed by atoms with E-state index in [0.29, 0.717) is 5.82 Å². The number of alkyl halides is 3. The van der Waals surface area contributed by atoms with Crippen molar-refractivity contribution < 1.29 is 22.7 Å². The van der Waals surface area contributed by atoms with Gasteiger partial charge in [-0.15, -0.1) is 5.10 Å². The Kier molecular flexibility index (Phi) is 6.32. The molecule has 33 heavy (non-hydrogen) atoms. The lowest BCUT2D eigenvalue weighted by molar-refractivity contribution is -0.190. The number of pyridine rings is 1. The number of rotatable bonds is 8. The predicted molar refractivity (Wildman–Crippen MR) is 115 cm³/mol. The molecule has 1 fully saturated rings. The van der Waals surface area contributed by atoms with Crippen LogP contribution in [0.4, 0.5) is 13.2 Å². The maximum absolute atomic E-state index is 13.0. The number of aromatic nitrogens is 5. The van der Waals surface area contributed by atoms with Gasteiger partial charge in [0.15, 0.2) is 5.82 Å². The third-order valence-corrected chi connectivity index (χ3v) is 6.80. The van der Waals surface area contributed by atoms with Gasteiger partial charge in [-0.1, -0.05) is 11.6 Å². The highest BCUT2D eigenvalue weighted by Gasteiger charge is 2.62. The largest absolute Gasteiger partial charge is 0.477 e. The number of carbonyl (C=O) groups is 1.